The molecule has 1 aliphatic carbocycles. The lowest BCUT2D eigenvalue weighted by Gasteiger charge is -2.40. The number of anilines is 1. The van der Waals surface area contributed by atoms with Gasteiger partial charge in [-0.05, 0) is 67.9 Å². The standard InChI is InChI=1S/C36H46N6O6/c1-24-21-25(22-30-32(24)38(2)35(45)47-30)23-31(33(43)40-19-17-39(18-20-40)27-8-4-5-9-27)48-36(46)41-14-12-28(13-15-41)42-16-11-26-7-3-6-10-29(26)37-34(42)44/h3,6-7,10,21-22,27-28,31H,4-5,8-9,11-20,23H2,1-2H3,(H,37,44)/t31-/m1/s1. The molecule has 2 saturated heterocycles. The fourth-order valence-corrected chi connectivity index (χ4v) is 8.17. The Labute approximate surface area is 280 Å². The summed E-state index contributed by atoms with van der Waals surface area (Å²) in [6.45, 7) is 6.22. The molecule has 3 aromatic rings. The minimum atomic E-state index is -1.02. The van der Waals surface area contributed by atoms with Gasteiger partial charge in [0.15, 0.2) is 11.7 Å². The number of hydrogen-bond donors (Lipinski definition) is 1. The first-order valence-corrected chi connectivity index (χ1v) is 17.5. The number of hydrogen-bond acceptors (Lipinski definition) is 7. The van der Waals surface area contributed by atoms with E-state index in [9.17, 15) is 19.2 Å². The maximum Gasteiger partial charge on any atom is 0.419 e. The maximum absolute atomic E-state index is 14.1. The van der Waals surface area contributed by atoms with Crippen molar-refractivity contribution in [3.05, 3.63) is 63.6 Å². The van der Waals surface area contributed by atoms with E-state index in [0.29, 0.717) is 62.7 Å². The van der Waals surface area contributed by atoms with Crippen LogP contribution in [-0.4, -0.2) is 106 Å². The molecule has 2 aromatic carbocycles. The minimum Gasteiger partial charge on any atom is -0.436 e. The Hall–Kier alpha value is -4.32. The van der Waals surface area contributed by atoms with Gasteiger partial charge < -0.3 is 29.2 Å². The van der Waals surface area contributed by atoms with Crippen molar-refractivity contribution in [2.75, 3.05) is 51.1 Å². The van der Waals surface area contributed by atoms with Crippen LogP contribution < -0.4 is 11.1 Å². The van der Waals surface area contributed by atoms with Crippen molar-refractivity contribution in [2.45, 2.75) is 76.5 Å². The summed E-state index contributed by atoms with van der Waals surface area (Å²) in [6, 6.07) is 12.1. The van der Waals surface area contributed by atoms with Gasteiger partial charge in [0.2, 0.25) is 0 Å². The molecule has 1 aromatic heterocycles. The molecule has 7 rings (SSSR count). The Morgan fingerprint density at radius 1 is 0.917 bits per heavy atom. The van der Waals surface area contributed by atoms with Crippen LogP contribution in [-0.2, 0) is 29.4 Å². The normalized spacial score (nSPS) is 20.5. The average Bonchev–Trinajstić information content (AvgIpc) is 3.69. The predicted molar refractivity (Wildman–Crippen MR) is 181 cm³/mol. The van der Waals surface area contributed by atoms with Gasteiger partial charge in [0.25, 0.3) is 5.91 Å². The Bertz CT molecular complexity index is 1730. The second-order valence-electron chi connectivity index (χ2n) is 13.8. The summed E-state index contributed by atoms with van der Waals surface area (Å²) in [5.41, 5.74) is 4.73. The monoisotopic (exact) mass is 658 g/mol. The summed E-state index contributed by atoms with van der Waals surface area (Å²) in [5.74, 6) is -0.646. The van der Waals surface area contributed by atoms with E-state index in [2.05, 4.69) is 10.2 Å². The van der Waals surface area contributed by atoms with E-state index >= 15 is 0 Å². The van der Waals surface area contributed by atoms with E-state index in [1.165, 1.54) is 30.3 Å². The number of nitrogens with one attached hydrogen (secondary N) is 1. The molecule has 1 atom stereocenters. The SMILES string of the molecule is Cc1cc(C[C@@H](OC(=O)N2CCC(N3CCc4ccccc4NC3=O)CC2)C(=O)N2CCN(C3CCCC3)CC2)cc2oc(=O)n(C)c12. The van der Waals surface area contributed by atoms with Crippen molar-refractivity contribution in [2.24, 2.45) is 7.05 Å². The van der Waals surface area contributed by atoms with Crippen LogP contribution in [0.25, 0.3) is 11.1 Å². The molecule has 1 N–H and O–H groups in total. The number of likely N-dealkylation sites (tertiary alicyclic amines) is 1. The Morgan fingerprint density at radius 3 is 2.40 bits per heavy atom. The molecular formula is C36H46N6O6. The molecule has 1 saturated carbocycles. The van der Waals surface area contributed by atoms with Crippen LogP contribution >= 0.6 is 0 Å². The van der Waals surface area contributed by atoms with Gasteiger partial charge in [-0.3, -0.25) is 14.3 Å². The van der Waals surface area contributed by atoms with Crippen molar-refractivity contribution in [1.29, 1.82) is 0 Å². The number of rotatable bonds is 6. The highest BCUT2D eigenvalue weighted by Gasteiger charge is 2.36. The van der Waals surface area contributed by atoms with E-state index in [-0.39, 0.29) is 24.4 Å². The van der Waals surface area contributed by atoms with Gasteiger partial charge in [-0.15, -0.1) is 0 Å². The number of amides is 4. The summed E-state index contributed by atoms with van der Waals surface area (Å²) < 4.78 is 13.0. The number of aryl methyl sites for hydroxylation is 2. The van der Waals surface area contributed by atoms with Gasteiger partial charge in [-0.1, -0.05) is 37.1 Å². The van der Waals surface area contributed by atoms with Gasteiger partial charge in [0.1, 0.15) is 0 Å². The molecule has 4 amide bonds. The Kier molecular flexibility index (Phi) is 9.17. The second kappa shape index (κ2) is 13.7. The number of ether oxygens (including phenoxy) is 1. The van der Waals surface area contributed by atoms with Crippen molar-refractivity contribution >= 4 is 34.8 Å². The molecule has 0 spiro atoms. The number of fused-ring (bicyclic) bond motifs is 2. The molecule has 12 heteroatoms. The smallest absolute Gasteiger partial charge is 0.419 e. The van der Waals surface area contributed by atoms with Gasteiger partial charge in [-0.2, -0.15) is 0 Å². The lowest BCUT2D eigenvalue weighted by atomic mass is 10.0. The number of benzene rings is 2. The van der Waals surface area contributed by atoms with E-state index < -0.39 is 18.0 Å². The summed E-state index contributed by atoms with van der Waals surface area (Å²) in [4.78, 5) is 60.9. The quantitative estimate of drug-likeness (QED) is 0.423. The number of urea groups is 1. The Morgan fingerprint density at radius 2 is 1.65 bits per heavy atom. The van der Waals surface area contributed by atoms with E-state index in [1.54, 1.807) is 18.0 Å². The van der Waals surface area contributed by atoms with Crippen LogP contribution in [0.3, 0.4) is 0 Å². The topological polar surface area (TPSA) is 121 Å². The molecule has 0 unspecified atom stereocenters. The predicted octanol–water partition coefficient (Wildman–Crippen LogP) is 4.13. The molecule has 0 bridgehead atoms. The maximum atomic E-state index is 14.1. The first kappa shape index (κ1) is 32.2. The van der Waals surface area contributed by atoms with Crippen molar-refractivity contribution in [1.82, 2.24) is 24.2 Å². The zero-order valence-corrected chi connectivity index (χ0v) is 28.0. The number of aromatic nitrogens is 1. The average molecular weight is 659 g/mol. The number of para-hydroxylation sites is 1. The fourth-order valence-electron chi connectivity index (χ4n) is 8.17. The number of piperazine rings is 1. The fraction of sp³-hybridized carbons (Fsp3) is 0.556. The lowest BCUT2D eigenvalue weighted by Crippen LogP contribution is -2.55. The van der Waals surface area contributed by atoms with E-state index in [4.69, 9.17) is 9.15 Å². The Balaban J connectivity index is 1.03. The summed E-state index contributed by atoms with van der Waals surface area (Å²) in [6.07, 6.45) is 5.64. The largest absolute Gasteiger partial charge is 0.436 e. The highest BCUT2D eigenvalue weighted by atomic mass is 16.6. The van der Waals surface area contributed by atoms with Crippen molar-refractivity contribution in [3.8, 4) is 0 Å². The summed E-state index contributed by atoms with van der Waals surface area (Å²) in [7, 11) is 1.67. The van der Waals surface area contributed by atoms with Gasteiger partial charge >= 0.3 is 17.9 Å². The number of carbonyl (C=O) groups is 3. The molecule has 3 fully saturated rings. The van der Waals surface area contributed by atoms with Crippen LogP contribution in [0.15, 0.2) is 45.6 Å². The first-order chi connectivity index (χ1) is 23.2. The number of piperidine rings is 1. The molecule has 0 radical (unpaired) electrons. The zero-order valence-electron chi connectivity index (χ0n) is 28.0. The van der Waals surface area contributed by atoms with Gasteiger partial charge in [0, 0.05) is 77.1 Å². The van der Waals surface area contributed by atoms with Gasteiger partial charge in [0.05, 0.1) is 5.52 Å². The van der Waals surface area contributed by atoms with Crippen molar-refractivity contribution in [3.63, 3.8) is 0 Å². The number of oxazole rings is 1. The van der Waals surface area contributed by atoms with Crippen LogP contribution in [0.1, 0.15) is 55.2 Å². The molecular weight excluding hydrogens is 612 g/mol. The highest BCUT2D eigenvalue weighted by molar-refractivity contribution is 5.91. The summed E-state index contributed by atoms with van der Waals surface area (Å²) in [5, 5.41) is 3.05. The molecule has 4 heterocycles. The molecule has 3 aliphatic heterocycles. The van der Waals surface area contributed by atoms with Crippen LogP contribution in [0.4, 0.5) is 15.3 Å². The van der Waals surface area contributed by atoms with Crippen molar-refractivity contribution < 1.29 is 23.5 Å². The van der Waals surface area contributed by atoms with Crippen LogP contribution in [0.2, 0.25) is 0 Å². The van der Waals surface area contributed by atoms with Crippen LogP contribution in [0, 0.1) is 6.92 Å². The van der Waals surface area contributed by atoms with E-state index in [0.717, 1.165) is 41.9 Å². The number of carbonyl (C=O) groups excluding carboxylic acids is 3. The molecule has 256 valence electrons. The van der Waals surface area contributed by atoms with Crippen LogP contribution in [0.5, 0.6) is 0 Å². The molecule has 4 aliphatic rings. The lowest BCUT2D eigenvalue weighted by molar-refractivity contribution is -0.143. The third-order valence-electron chi connectivity index (χ3n) is 10.8. The highest BCUT2D eigenvalue weighted by Crippen LogP contribution is 2.27. The summed E-state index contributed by atoms with van der Waals surface area (Å²) >= 11 is 0. The first-order valence-electron chi connectivity index (χ1n) is 17.5. The molecule has 48 heavy (non-hydrogen) atoms. The third kappa shape index (κ3) is 6.54. The minimum absolute atomic E-state index is 0.00665. The third-order valence-corrected chi connectivity index (χ3v) is 10.8. The van der Waals surface area contributed by atoms with Gasteiger partial charge in [-0.25, -0.2) is 14.4 Å². The number of nitrogens with zero attached hydrogens (tertiary/aromatic N) is 5. The molecule has 12 nitrogen and oxygen atoms in total. The van der Waals surface area contributed by atoms with E-state index in [1.807, 2.05) is 47.1 Å². The zero-order chi connectivity index (χ0) is 33.4. The second-order valence-corrected chi connectivity index (χ2v) is 13.8.